The maximum Gasteiger partial charge on any atom is 0.143 e. The van der Waals surface area contributed by atoms with Gasteiger partial charge in [-0.3, -0.25) is 0 Å². The summed E-state index contributed by atoms with van der Waals surface area (Å²) in [7, 11) is 1.72. The highest BCUT2D eigenvalue weighted by Crippen LogP contribution is 2.31. The Morgan fingerprint density at radius 1 is 1.44 bits per heavy atom. The SMILES string of the molecule is COc1cc(SC)ccc1NC1CCOC(C)C1. The van der Waals surface area contributed by atoms with Crippen LogP contribution in [0.15, 0.2) is 23.1 Å². The highest BCUT2D eigenvalue weighted by Gasteiger charge is 2.20. The average molecular weight is 267 g/mol. The molecule has 2 atom stereocenters. The van der Waals surface area contributed by atoms with E-state index in [9.17, 15) is 0 Å². The highest BCUT2D eigenvalue weighted by molar-refractivity contribution is 7.98. The van der Waals surface area contributed by atoms with Gasteiger partial charge in [0, 0.05) is 17.5 Å². The minimum atomic E-state index is 0.340. The Balaban J connectivity index is 2.08. The van der Waals surface area contributed by atoms with E-state index in [1.165, 1.54) is 4.90 Å². The van der Waals surface area contributed by atoms with Crippen LogP contribution < -0.4 is 10.1 Å². The molecule has 0 bridgehead atoms. The Hall–Kier alpha value is -0.870. The van der Waals surface area contributed by atoms with Gasteiger partial charge in [0.25, 0.3) is 0 Å². The van der Waals surface area contributed by atoms with E-state index >= 15 is 0 Å². The molecule has 3 nitrogen and oxygen atoms in total. The van der Waals surface area contributed by atoms with E-state index in [2.05, 4.69) is 36.7 Å². The molecule has 4 heteroatoms. The standard InChI is InChI=1S/C14H21NO2S/c1-10-8-11(6-7-17-10)15-13-5-4-12(18-3)9-14(13)16-2/h4-5,9-11,15H,6-8H2,1-3H3. The fourth-order valence-corrected chi connectivity index (χ4v) is 2.70. The minimum absolute atomic E-state index is 0.340. The third-order valence-electron chi connectivity index (χ3n) is 3.25. The van der Waals surface area contributed by atoms with Gasteiger partial charge in [0.2, 0.25) is 0 Å². The van der Waals surface area contributed by atoms with Gasteiger partial charge in [-0.25, -0.2) is 0 Å². The van der Waals surface area contributed by atoms with E-state index in [1.54, 1.807) is 18.9 Å². The Kier molecular flexibility index (Phi) is 4.78. The first-order valence-corrected chi connectivity index (χ1v) is 7.55. The van der Waals surface area contributed by atoms with Crippen molar-refractivity contribution in [2.24, 2.45) is 0 Å². The summed E-state index contributed by atoms with van der Waals surface area (Å²) in [6, 6.07) is 6.78. The number of thioether (sulfide) groups is 1. The summed E-state index contributed by atoms with van der Waals surface area (Å²) in [5, 5.41) is 3.57. The molecule has 1 heterocycles. The van der Waals surface area contributed by atoms with Crippen molar-refractivity contribution >= 4 is 17.4 Å². The molecule has 100 valence electrons. The first kappa shape index (κ1) is 13.6. The zero-order chi connectivity index (χ0) is 13.0. The smallest absolute Gasteiger partial charge is 0.143 e. The largest absolute Gasteiger partial charge is 0.495 e. The van der Waals surface area contributed by atoms with Crippen molar-refractivity contribution in [1.29, 1.82) is 0 Å². The van der Waals surface area contributed by atoms with E-state index in [0.29, 0.717) is 12.1 Å². The van der Waals surface area contributed by atoms with Crippen LogP contribution in [0.25, 0.3) is 0 Å². The Bertz CT molecular complexity index is 397. The second kappa shape index (κ2) is 6.34. The molecule has 1 aliphatic heterocycles. The quantitative estimate of drug-likeness (QED) is 0.847. The van der Waals surface area contributed by atoms with E-state index in [4.69, 9.17) is 9.47 Å². The van der Waals surface area contributed by atoms with Crippen molar-refractivity contribution in [3.8, 4) is 5.75 Å². The summed E-state index contributed by atoms with van der Waals surface area (Å²) >= 11 is 1.73. The van der Waals surface area contributed by atoms with Crippen LogP contribution in [0.1, 0.15) is 19.8 Å². The summed E-state index contributed by atoms with van der Waals surface area (Å²) in [6.45, 7) is 2.96. The van der Waals surface area contributed by atoms with Crippen LogP contribution in [-0.4, -0.2) is 32.1 Å². The lowest BCUT2D eigenvalue weighted by Crippen LogP contribution is -2.32. The number of methoxy groups -OCH3 is 1. The third kappa shape index (κ3) is 3.33. The van der Waals surface area contributed by atoms with Crippen LogP contribution in [0.3, 0.4) is 0 Å². The second-order valence-electron chi connectivity index (χ2n) is 4.61. The van der Waals surface area contributed by atoms with Crippen molar-refractivity contribution in [3.05, 3.63) is 18.2 Å². The highest BCUT2D eigenvalue weighted by atomic mass is 32.2. The van der Waals surface area contributed by atoms with Crippen LogP contribution in [0.5, 0.6) is 5.75 Å². The first-order chi connectivity index (χ1) is 8.72. The van der Waals surface area contributed by atoms with Gasteiger partial charge in [0.1, 0.15) is 5.75 Å². The normalized spacial score (nSPS) is 23.7. The molecule has 1 aromatic rings. The van der Waals surface area contributed by atoms with Gasteiger partial charge in [0.15, 0.2) is 0 Å². The maximum atomic E-state index is 5.56. The molecular formula is C14H21NO2S. The lowest BCUT2D eigenvalue weighted by atomic mass is 10.0. The number of rotatable bonds is 4. The predicted molar refractivity (Wildman–Crippen MR) is 76.8 cm³/mol. The van der Waals surface area contributed by atoms with Gasteiger partial charge in [-0.1, -0.05) is 0 Å². The molecular weight excluding hydrogens is 246 g/mol. The molecule has 2 unspecified atom stereocenters. The van der Waals surface area contributed by atoms with Gasteiger partial charge in [-0.2, -0.15) is 0 Å². The van der Waals surface area contributed by atoms with E-state index in [0.717, 1.165) is 30.9 Å². The summed E-state index contributed by atoms with van der Waals surface area (Å²) in [6.07, 6.45) is 4.51. The van der Waals surface area contributed by atoms with Crippen molar-refractivity contribution < 1.29 is 9.47 Å². The Labute approximate surface area is 113 Å². The number of nitrogens with one attached hydrogen (secondary N) is 1. The summed E-state index contributed by atoms with van der Waals surface area (Å²) < 4.78 is 11.0. The summed E-state index contributed by atoms with van der Waals surface area (Å²) in [5.74, 6) is 0.918. The zero-order valence-electron chi connectivity index (χ0n) is 11.2. The van der Waals surface area contributed by atoms with Gasteiger partial charge in [-0.15, -0.1) is 11.8 Å². The zero-order valence-corrected chi connectivity index (χ0v) is 12.0. The maximum absolute atomic E-state index is 5.56. The van der Waals surface area contributed by atoms with E-state index < -0.39 is 0 Å². The minimum Gasteiger partial charge on any atom is -0.495 e. The molecule has 18 heavy (non-hydrogen) atoms. The number of ether oxygens (including phenoxy) is 2. The number of anilines is 1. The number of hydrogen-bond donors (Lipinski definition) is 1. The van der Waals surface area contributed by atoms with Crippen molar-refractivity contribution in [1.82, 2.24) is 0 Å². The van der Waals surface area contributed by atoms with Gasteiger partial charge >= 0.3 is 0 Å². The molecule has 0 aliphatic carbocycles. The average Bonchev–Trinajstić information content (AvgIpc) is 2.39. The molecule has 0 spiro atoms. The topological polar surface area (TPSA) is 30.5 Å². The number of benzene rings is 1. The van der Waals surface area contributed by atoms with Crippen LogP contribution in [0, 0.1) is 0 Å². The molecule has 1 fully saturated rings. The fourth-order valence-electron chi connectivity index (χ4n) is 2.27. The molecule has 1 aromatic carbocycles. The Morgan fingerprint density at radius 3 is 2.94 bits per heavy atom. The summed E-state index contributed by atoms with van der Waals surface area (Å²) in [5.41, 5.74) is 1.08. The first-order valence-electron chi connectivity index (χ1n) is 6.33. The molecule has 0 saturated carbocycles. The molecule has 2 rings (SSSR count). The van der Waals surface area contributed by atoms with Crippen LogP contribution in [0.2, 0.25) is 0 Å². The van der Waals surface area contributed by atoms with Crippen LogP contribution in [0.4, 0.5) is 5.69 Å². The monoisotopic (exact) mass is 267 g/mol. The lowest BCUT2D eigenvalue weighted by molar-refractivity contribution is 0.0232. The van der Waals surface area contributed by atoms with E-state index in [-0.39, 0.29) is 0 Å². The van der Waals surface area contributed by atoms with Gasteiger partial charge < -0.3 is 14.8 Å². The van der Waals surface area contributed by atoms with Crippen molar-refractivity contribution in [2.45, 2.75) is 36.8 Å². The molecule has 0 radical (unpaired) electrons. The van der Waals surface area contributed by atoms with Crippen molar-refractivity contribution in [3.63, 3.8) is 0 Å². The van der Waals surface area contributed by atoms with E-state index in [1.807, 2.05) is 0 Å². The predicted octanol–water partition coefficient (Wildman–Crippen LogP) is 3.40. The van der Waals surface area contributed by atoms with Crippen molar-refractivity contribution in [2.75, 3.05) is 25.3 Å². The Morgan fingerprint density at radius 2 is 2.28 bits per heavy atom. The molecule has 1 aliphatic rings. The lowest BCUT2D eigenvalue weighted by Gasteiger charge is -2.29. The number of hydrogen-bond acceptors (Lipinski definition) is 4. The molecule has 1 saturated heterocycles. The van der Waals surface area contributed by atoms with Gasteiger partial charge in [-0.05, 0) is 44.2 Å². The second-order valence-corrected chi connectivity index (χ2v) is 5.49. The summed E-state index contributed by atoms with van der Waals surface area (Å²) in [4.78, 5) is 1.22. The molecule has 0 aromatic heterocycles. The molecule has 1 N–H and O–H groups in total. The van der Waals surface area contributed by atoms with Crippen LogP contribution >= 0.6 is 11.8 Å². The fraction of sp³-hybridized carbons (Fsp3) is 0.571. The van der Waals surface area contributed by atoms with Crippen LogP contribution in [-0.2, 0) is 4.74 Å². The third-order valence-corrected chi connectivity index (χ3v) is 3.98. The molecule has 0 amide bonds. The van der Waals surface area contributed by atoms with Gasteiger partial charge in [0.05, 0.1) is 18.9 Å².